The van der Waals surface area contributed by atoms with Crippen LogP contribution < -0.4 is 5.32 Å². The van der Waals surface area contributed by atoms with Crippen molar-refractivity contribution in [3.05, 3.63) is 59.7 Å². The molecule has 1 unspecified atom stereocenters. The number of carbonyl (C=O) groups is 2. The van der Waals surface area contributed by atoms with E-state index in [9.17, 15) is 30.0 Å². The van der Waals surface area contributed by atoms with Gasteiger partial charge in [-0.05, 0) is 120 Å². The van der Waals surface area contributed by atoms with Gasteiger partial charge in [0.15, 0.2) is 0 Å². The lowest BCUT2D eigenvalue weighted by Gasteiger charge is -2.63. The molecule has 278 valence electrons. The molecular weight excluding hydrogens is 646 g/mol. The molecule has 9 nitrogen and oxygen atoms in total. The number of rotatable bonds is 11. The molecule has 1 amide bonds. The minimum absolute atomic E-state index is 0.0106. The number of amides is 1. The minimum atomic E-state index is -0.875. The van der Waals surface area contributed by atoms with E-state index >= 15 is 0 Å². The molecule has 4 fully saturated rings. The molecule has 7 rings (SSSR count). The molecule has 4 saturated carbocycles. The number of hydrogen-bond acceptors (Lipinski definition) is 7. The molecule has 9 heteroatoms. The Hall–Kier alpha value is -2.98. The number of hydrogen-bond donors (Lipinski definition) is 5. The molecule has 0 aromatic heterocycles. The molecule has 51 heavy (non-hydrogen) atoms. The highest BCUT2D eigenvalue weighted by molar-refractivity contribution is 5.79. The van der Waals surface area contributed by atoms with Crippen molar-refractivity contribution in [2.24, 2.45) is 46.3 Å². The summed E-state index contributed by atoms with van der Waals surface area (Å²) in [6.45, 7) is 7.07. The Morgan fingerprint density at radius 3 is 2.31 bits per heavy atom. The van der Waals surface area contributed by atoms with Crippen molar-refractivity contribution in [3.63, 3.8) is 0 Å². The van der Waals surface area contributed by atoms with Crippen LogP contribution in [0.3, 0.4) is 0 Å². The fourth-order valence-corrected chi connectivity index (χ4v) is 12.0. The molecule has 12 atom stereocenters. The highest BCUT2D eigenvalue weighted by Crippen LogP contribution is 2.68. The van der Waals surface area contributed by atoms with Gasteiger partial charge in [-0.2, -0.15) is 0 Å². The van der Waals surface area contributed by atoms with Gasteiger partial charge in [0.05, 0.1) is 31.0 Å². The van der Waals surface area contributed by atoms with Gasteiger partial charge >= 0.3 is 12.1 Å². The van der Waals surface area contributed by atoms with Gasteiger partial charge in [0, 0.05) is 18.9 Å². The van der Waals surface area contributed by atoms with Gasteiger partial charge in [0.1, 0.15) is 6.61 Å². The zero-order valence-corrected chi connectivity index (χ0v) is 30.4. The number of benzene rings is 2. The number of aliphatic carboxylic acids is 1. The van der Waals surface area contributed by atoms with Crippen LogP contribution in [0.25, 0.3) is 11.1 Å². The zero-order valence-electron chi connectivity index (χ0n) is 30.4. The molecule has 0 heterocycles. The van der Waals surface area contributed by atoms with Gasteiger partial charge in [0.2, 0.25) is 0 Å². The largest absolute Gasteiger partial charge is 0.481 e. The van der Waals surface area contributed by atoms with Crippen molar-refractivity contribution >= 4 is 12.1 Å². The Morgan fingerprint density at radius 2 is 1.63 bits per heavy atom. The lowest BCUT2D eigenvalue weighted by Crippen LogP contribution is -2.62. The van der Waals surface area contributed by atoms with Crippen LogP contribution in [0.1, 0.15) is 95.6 Å². The van der Waals surface area contributed by atoms with Gasteiger partial charge < -0.3 is 35.2 Å². The number of nitrogens with one attached hydrogen (secondary N) is 1. The quantitative estimate of drug-likeness (QED) is 0.182. The Labute approximate surface area is 302 Å². The summed E-state index contributed by atoms with van der Waals surface area (Å²) in [5.74, 6) is 0.508. The van der Waals surface area contributed by atoms with Gasteiger partial charge in [0.25, 0.3) is 0 Å². The van der Waals surface area contributed by atoms with Crippen molar-refractivity contribution in [2.75, 3.05) is 19.8 Å². The van der Waals surface area contributed by atoms with Crippen LogP contribution in [0, 0.1) is 46.3 Å². The predicted molar refractivity (Wildman–Crippen MR) is 193 cm³/mol. The third-order valence-electron chi connectivity index (χ3n) is 14.7. The molecule has 5 N–H and O–H groups in total. The Kier molecular flexibility index (Phi) is 10.3. The number of ether oxygens (including phenoxy) is 2. The maximum atomic E-state index is 12.6. The van der Waals surface area contributed by atoms with Crippen molar-refractivity contribution in [1.82, 2.24) is 5.32 Å². The highest BCUT2D eigenvalue weighted by Gasteiger charge is 2.65. The number of alkyl carbamates (subject to hydrolysis) is 1. The van der Waals surface area contributed by atoms with Gasteiger partial charge in [-0.25, -0.2) is 4.79 Å². The van der Waals surface area contributed by atoms with E-state index in [1.54, 1.807) is 0 Å². The average molecular weight is 704 g/mol. The Bertz CT molecular complexity index is 1540. The van der Waals surface area contributed by atoms with E-state index in [0.29, 0.717) is 19.3 Å². The van der Waals surface area contributed by atoms with Crippen molar-refractivity contribution in [1.29, 1.82) is 0 Å². The third-order valence-corrected chi connectivity index (χ3v) is 14.7. The first-order valence-electron chi connectivity index (χ1n) is 19.4. The number of aliphatic hydroxyl groups is 3. The Morgan fingerprint density at radius 1 is 0.941 bits per heavy atom. The lowest BCUT2D eigenvalue weighted by atomic mass is 9.43. The van der Waals surface area contributed by atoms with E-state index in [1.165, 1.54) is 11.1 Å². The second-order valence-corrected chi connectivity index (χ2v) is 17.1. The molecule has 5 aliphatic rings. The number of carbonyl (C=O) groups excluding carboxylic acids is 1. The molecule has 0 spiro atoms. The SMILES string of the molecule is C[C@H](CCC(=O)O)[C@H]1CC[C@H]2[C@@H]3[C@H](O)C[C@@H]4C[C@H](OCC(O)CNC(=O)OCC5c6ccccc6-c6ccccc65)CC[C@]4(C)[C@H]3C[C@H](O)[C@]12C. The van der Waals surface area contributed by atoms with E-state index < -0.39 is 30.4 Å². The summed E-state index contributed by atoms with van der Waals surface area (Å²) in [7, 11) is 0. The number of carboxylic acids is 1. The number of aliphatic hydroxyl groups excluding tert-OH is 3. The summed E-state index contributed by atoms with van der Waals surface area (Å²) in [6.07, 6.45) is 4.31. The first-order chi connectivity index (χ1) is 24.4. The number of carboxylic acid groups (broad SMARTS) is 1. The standard InChI is InChI=1S/C42H57NO8/c1-24(12-15-38(47)48)33-13-14-34-39-35(20-37(46)42(33,34)3)41(2)17-16-27(18-25(41)19-36(39)45)50-22-26(44)21-43-40(49)51-23-32-30-10-6-4-8-28(30)29-9-5-7-11-31(29)32/h4-11,24-27,32-37,39,44-46H,12-23H2,1-3H3,(H,43,49)(H,47,48)/t24-,25+,26?,27-,33-,34+,35+,36-,37+,39+,41+,42-/m1/s1. The van der Waals surface area contributed by atoms with Crippen LogP contribution in [0.4, 0.5) is 4.79 Å². The first kappa shape index (κ1) is 36.4. The molecular formula is C42H57NO8. The summed E-state index contributed by atoms with van der Waals surface area (Å²) >= 11 is 0. The maximum absolute atomic E-state index is 12.6. The molecule has 2 aromatic carbocycles. The van der Waals surface area contributed by atoms with Crippen molar-refractivity contribution in [2.45, 2.75) is 109 Å². The summed E-state index contributed by atoms with van der Waals surface area (Å²) in [4.78, 5) is 23.9. The molecule has 0 bridgehead atoms. The first-order valence-corrected chi connectivity index (χ1v) is 19.4. The van der Waals surface area contributed by atoms with Crippen LogP contribution in [-0.4, -0.2) is 76.7 Å². The summed E-state index contributed by atoms with van der Waals surface area (Å²) < 4.78 is 11.9. The minimum Gasteiger partial charge on any atom is -0.481 e. The summed E-state index contributed by atoms with van der Waals surface area (Å²) in [6, 6.07) is 16.4. The van der Waals surface area contributed by atoms with E-state index in [2.05, 4.69) is 50.4 Å². The van der Waals surface area contributed by atoms with Gasteiger partial charge in [-0.3, -0.25) is 4.79 Å². The zero-order chi connectivity index (χ0) is 36.1. The topological polar surface area (TPSA) is 146 Å². The second kappa shape index (κ2) is 14.4. The van der Waals surface area contributed by atoms with Crippen LogP contribution in [0.15, 0.2) is 48.5 Å². The van der Waals surface area contributed by atoms with Crippen LogP contribution >= 0.6 is 0 Å². The second-order valence-electron chi connectivity index (χ2n) is 17.1. The molecule has 0 aliphatic heterocycles. The third kappa shape index (κ3) is 6.62. The summed E-state index contributed by atoms with van der Waals surface area (Å²) in [5.41, 5.74) is 4.31. The smallest absolute Gasteiger partial charge is 0.407 e. The summed E-state index contributed by atoms with van der Waals surface area (Å²) in [5, 5.41) is 46.3. The fraction of sp³-hybridized carbons (Fsp3) is 0.667. The molecule has 0 radical (unpaired) electrons. The molecule has 0 saturated heterocycles. The predicted octanol–water partition coefficient (Wildman–Crippen LogP) is 6.37. The normalized spacial score (nSPS) is 36.5. The van der Waals surface area contributed by atoms with E-state index in [4.69, 9.17) is 9.47 Å². The average Bonchev–Trinajstić information content (AvgIpc) is 3.64. The van der Waals surface area contributed by atoms with Crippen LogP contribution in [0.2, 0.25) is 0 Å². The lowest BCUT2D eigenvalue weighted by molar-refractivity contribution is -0.210. The highest BCUT2D eigenvalue weighted by atomic mass is 16.5. The van der Waals surface area contributed by atoms with E-state index in [1.807, 2.05) is 24.3 Å². The maximum Gasteiger partial charge on any atom is 0.407 e. The van der Waals surface area contributed by atoms with E-state index in [-0.39, 0.29) is 84.5 Å². The van der Waals surface area contributed by atoms with Crippen LogP contribution in [0.5, 0.6) is 0 Å². The van der Waals surface area contributed by atoms with Gasteiger partial charge in [-0.1, -0.05) is 69.3 Å². The van der Waals surface area contributed by atoms with Gasteiger partial charge in [-0.15, -0.1) is 0 Å². The van der Waals surface area contributed by atoms with Crippen molar-refractivity contribution in [3.8, 4) is 11.1 Å². The number of fused-ring (bicyclic) bond motifs is 8. The Balaban J connectivity index is 0.892. The van der Waals surface area contributed by atoms with Crippen LogP contribution in [-0.2, 0) is 14.3 Å². The molecule has 2 aromatic rings. The molecule has 5 aliphatic carbocycles. The van der Waals surface area contributed by atoms with Crippen molar-refractivity contribution < 1.29 is 39.5 Å². The fourth-order valence-electron chi connectivity index (χ4n) is 12.0. The monoisotopic (exact) mass is 703 g/mol. The van der Waals surface area contributed by atoms with E-state index in [0.717, 1.165) is 43.2 Å².